The first-order valence-corrected chi connectivity index (χ1v) is 2.15. The van der Waals surface area contributed by atoms with Crippen LogP contribution < -0.4 is 11.3 Å². The van der Waals surface area contributed by atoms with Gasteiger partial charge in [0.2, 0.25) is 6.10 Å². The van der Waals surface area contributed by atoms with Gasteiger partial charge in [0.05, 0.1) is 0 Å². The number of aliphatic hydroxyl groups excluding tert-OH is 1. The SMILES string of the molecule is NNC(=O)C(O)C(F)(F)F. The standard InChI is InChI=1S/C3H5F3N2O2/c4-3(5,6)1(9)2(10)8-7/h1,9H,7H2,(H,8,10). The van der Waals surface area contributed by atoms with E-state index in [0.717, 1.165) is 5.43 Å². The zero-order valence-corrected chi connectivity index (χ0v) is 4.64. The van der Waals surface area contributed by atoms with Gasteiger partial charge in [-0.25, -0.2) is 5.84 Å². The maximum Gasteiger partial charge on any atom is 0.423 e. The third-order valence-corrected chi connectivity index (χ3v) is 0.701. The maximum absolute atomic E-state index is 11.3. The van der Waals surface area contributed by atoms with E-state index in [1.165, 1.54) is 0 Å². The molecule has 4 nitrogen and oxygen atoms in total. The number of hydrogen-bond donors (Lipinski definition) is 3. The van der Waals surface area contributed by atoms with E-state index < -0.39 is 18.2 Å². The highest BCUT2D eigenvalue weighted by molar-refractivity contribution is 5.80. The van der Waals surface area contributed by atoms with Crippen LogP contribution in [-0.2, 0) is 4.79 Å². The molecule has 0 heterocycles. The summed E-state index contributed by atoms with van der Waals surface area (Å²) in [6.07, 6.45) is -8.00. The zero-order chi connectivity index (χ0) is 8.36. The highest BCUT2D eigenvalue weighted by Crippen LogP contribution is 2.19. The number of amides is 1. The Labute approximate surface area is 53.8 Å². The summed E-state index contributed by atoms with van der Waals surface area (Å²) in [5.74, 6) is 2.64. The van der Waals surface area contributed by atoms with E-state index in [2.05, 4.69) is 5.84 Å². The van der Waals surface area contributed by atoms with Crippen molar-refractivity contribution in [3.05, 3.63) is 0 Å². The van der Waals surface area contributed by atoms with E-state index in [1.54, 1.807) is 0 Å². The van der Waals surface area contributed by atoms with E-state index >= 15 is 0 Å². The first-order chi connectivity index (χ1) is 4.39. The van der Waals surface area contributed by atoms with Crippen molar-refractivity contribution < 1.29 is 23.1 Å². The van der Waals surface area contributed by atoms with Gasteiger partial charge in [-0.15, -0.1) is 0 Å². The second-order valence-corrected chi connectivity index (χ2v) is 1.45. The molecule has 0 aromatic carbocycles. The summed E-state index contributed by atoms with van der Waals surface area (Å²) < 4.78 is 34.0. The van der Waals surface area contributed by atoms with Gasteiger partial charge in [0.15, 0.2) is 0 Å². The number of rotatable bonds is 1. The van der Waals surface area contributed by atoms with Crippen LogP contribution in [0.4, 0.5) is 13.2 Å². The molecule has 0 aromatic rings. The van der Waals surface area contributed by atoms with Gasteiger partial charge < -0.3 is 5.11 Å². The smallest absolute Gasteiger partial charge is 0.376 e. The zero-order valence-electron chi connectivity index (χ0n) is 4.64. The van der Waals surface area contributed by atoms with Crippen molar-refractivity contribution in [2.45, 2.75) is 12.3 Å². The van der Waals surface area contributed by atoms with Crippen molar-refractivity contribution in [3.63, 3.8) is 0 Å². The highest BCUT2D eigenvalue weighted by Gasteiger charge is 2.43. The molecule has 0 aliphatic carbocycles. The minimum absolute atomic E-state index is 1.16. The average Bonchev–Trinajstić information content (AvgIpc) is 1.83. The van der Waals surface area contributed by atoms with Crippen LogP contribution in [-0.4, -0.2) is 23.3 Å². The molecule has 0 saturated carbocycles. The van der Waals surface area contributed by atoms with E-state index in [-0.39, 0.29) is 0 Å². The molecule has 4 N–H and O–H groups in total. The molecule has 0 rings (SSSR count). The monoisotopic (exact) mass is 158 g/mol. The van der Waals surface area contributed by atoms with Gasteiger partial charge in [0, 0.05) is 0 Å². The van der Waals surface area contributed by atoms with Gasteiger partial charge in [-0.2, -0.15) is 13.2 Å². The summed E-state index contributed by atoms with van der Waals surface area (Å²) in [4.78, 5) is 9.95. The number of carbonyl (C=O) groups is 1. The summed E-state index contributed by atoms with van der Waals surface area (Å²) >= 11 is 0. The molecule has 1 amide bonds. The van der Waals surface area contributed by atoms with Crippen LogP contribution in [0.25, 0.3) is 0 Å². The molecule has 7 heteroatoms. The third-order valence-electron chi connectivity index (χ3n) is 0.701. The number of nitrogens with one attached hydrogen (secondary N) is 1. The number of hydrazine groups is 1. The minimum atomic E-state index is -4.95. The number of halogens is 3. The van der Waals surface area contributed by atoms with Gasteiger partial charge in [0.25, 0.3) is 5.91 Å². The van der Waals surface area contributed by atoms with E-state index in [0.29, 0.717) is 0 Å². The minimum Gasteiger partial charge on any atom is -0.376 e. The summed E-state index contributed by atoms with van der Waals surface area (Å²) in [6.45, 7) is 0. The lowest BCUT2D eigenvalue weighted by atomic mass is 10.3. The largest absolute Gasteiger partial charge is 0.423 e. The predicted molar refractivity (Wildman–Crippen MR) is 24.4 cm³/mol. The number of aliphatic hydroxyl groups is 1. The molecule has 0 spiro atoms. The fraction of sp³-hybridized carbons (Fsp3) is 0.667. The highest BCUT2D eigenvalue weighted by atomic mass is 19.4. The predicted octanol–water partition coefficient (Wildman–Crippen LogP) is -1.10. The molecule has 60 valence electrons. The van der Waals surface area contributed by atoms with Crippen molar-refractivity contribution in [3.8, 4) is 0 Å². The molecule has 0 fully saturated rings. The Morgan fingerprint density at radius 2 is 2.00 bits per heavy atom. The molecule has 0 radical (unpaired) electrons. The second kappa shape index (κ2) is 2.84. The lowest BCUT2D eigenvalue weighted by Crippen LogP contribution is -2.46. The molecule has 10 heavy (non-hydrogen) atoms. The van der Waals surface area contributed by atoms with E-state index in [1.807, 2.05) is 0 Å². The third kappa shape index (κ3) is 2.19. The van der Waals surface area contributed by atoms with E-state index in [9.17, 15) is 18.0 Å². The fourth-order valence-electron chi connectivity index (χ4n) is 0.228. The Balaban J connectivity index is 4.08. The average molecular weight is 158 g/mol. The van der Waals surface area contributed by atoms with Gasteiger partial charge >= 0.3 is 6.18 Å². The second-order valence-electron chi connectivity index (χ2n) is 1.45. The first kappa shape index (κ1) is 9.18. The molecule has 0 aliphatic rings. The molecule has 0 bridgehead atoms. The fourth-order valence-corrected chi connectivity index (χ4v) is 0.228. The Morgan fingerprint density at radius 3 is 2.10 bits per heavy atom. The van der Waals surface area contributed by atoms with Crippen LogP contribution in [0.3, 0.4) is 0 Å². The number of carbonyl (C=O) groups excluding carboxylic acids is 1. The van der Waals surface area contributed by atoms with Crippen molar-refractivity contribution in [1.29, 1.82) is 0 Å². The molecule has 0 aliphatic heterocycles. The van der Waals surface area contributed by atoms with Crippen LogP contribution >= 0.6 is 0 Å². The molecular weight excluding hydrogens is 153 g/mol. The van der Waals surface area contributed by atoms with Crippen molar-refractivity contribution >= 4 is 5.91 Å². The van der Waals surface area contributed by atoms with Gasteiger partial charge in [0.1, 0.15) is 0 Å². The van der Waals surface area contributed by atoms with Gasteiger partial charge in [-0.05, 0) is 0 Å². The normalized spacial score (nSPS) is 14.5. The lowest BCUT2D eigenvalue weighted by Gasteiger charge is -2.11. The van der Waals surface area contributed by atoms with E-state index in [4.69, 9.17) is 5.11 Å². The van der Waals surface area contributed by atoms with Crippen LogP contribution in [0.15, 0.2) is 0 Å². The quantitative estimate of drug-likeness (QED) is 0.257. The molecule has 0 saturated heterocycles. The van der Waals surface area contributed by atoms with Crippen LogP contribution in [0.1, 0.15) is 0 Å². The van der Waals surface area contributed by atoms with Crippen molar-refractivity contribution in [2.24, 2.45) is 5.84 Å². The first-order valence-electron chi connectivity index (χ1n) is 2.15. The summed E-state index contributed by atoms with van der Waals surface area (Å²) in [6, 6.07) is 0. The summed E-state index contributed by atoms with van der Waals surface area (Å²) in [7, 11) is 0. The number of alkyl halides is 3. The topological polar surface area (TPSA) is 75.3 Å². The van der Waals surface area contributed by atoms with Crippen LogP contribution in [0.5, 0.6) is 0 Å². The number of hydrogen-bond acceptors (Lipinski definition) is 3. The van der Waals surface area contributed by atoms with Gasteiger partial charge in [-0.1, -0.05) is 0 Å². The van der Waals surface area contributed by atoms with Crippen LogP contribution in [0.2, 0.25) is 0 Å². The van der Waals surface area contributed by atoms with Crippen molar-refractivity contribution in [1.82, 2.24) is 5.43 Å². The van der Waals surface area contributed by atoms with Crippen LogP contribution in [0, 0.1) is 0 Å². The Kier molecular flexibility index (Phi) is 2.61. The number of nitrogens with two attached hydrogens (primary N) is 1. The van der Waals surface area contributed by atoms with Crippen molar-refractivity contribution in [2.75, 3.05) is 0 Å². The summed E-state index contributed by atoms with van der Waals surface area (Å²) in [5, 5.41) is 8.04. The molecular formula is C3H5F3N2O2. The lowest BCUT2D eigenvalue weighted by molar-refractivity contribution is -0.205. The Hall–Kier alpha value is -0.820. The molecule has 1 unspecified atom stereocenters. The summed E-state index contributed by atoms with van der Waals surface area (Å²) in [5.41, 5.74) is 1.16. The van der Waals surface area contributed by atoms with Gasteiger partial charge in [-0.3, -0.25) is 10.2 Å². The Bertz CT molecular complexity index is 134. The molecule has 0 aromatic heterocycles. The Morgan fingerprint density at radius 1 is 1.60 bits per heavy atom. The molecule has 1 atom stereocenters. The maximum atomic E-state index is 11.3.